The van der Waals surface area contributed by atoms with E-state index in [0.29, 0.717) is 19.3 Å². The lowest BCUT2D eigenvalue weighted by Gasteiger charge is -2.24. The summed E-state index contributed by atoms with van der Waals surface area (Å²) in [6.45, 7) is 6.46. The van der Waals surface area contributed by atoms with Crippen LogP contribution in [0.2, 0.25) is 0 Å². The van der Waals surface area contributed by atoms with Crippen molar-refractivity contribution in [2.75, 3.05) is 6.61 Å². The molecule has 0 saturated heterocycles. The Morgan fingerprint density at radius 1 is 0.483 bits per heavy atom. The molecule has 342 valence electrons. The fraction of sp³-hybridized carbons (Fsp3) is 0.885. The standard InChI is InChI=1S/C52H99NO5/c1-4-7-10-13-16-19-21-23-25-26-28-30-33-36-39-42-45-52(57)58-48(43-40-37-34-32-29-27-24-22-20-17-14-11-8-5-2)46-51(56)53-49(47-54)50(55)44-41-38-35-31-18-15-12-9-6-3/h25-27,29,48-50,54-55H,4-24,28,30-47H2,1-3H3,(H,53,56)/b26-25+,29-27+. The van der Waals surface area contributed by atoms with Gasteiger partial charge in [0.15, 0.2) is 0 Å². The highest BCUT2D eigenvalue weighted by Crippen LogP contribution is 2.17. The first-order valence-corrected chi connectivity index (χ1v) is 25.6. The van der Waals surface area contributed by atoms with Crippen LogP contribution in [0.3, 0.4) is 0 Å². The molecule has 3 unspecified atom stereocenters. The molecule has 0 aliphatic heterocycles. The molecule has 1 amide bonds. The molecule has 0 aromatic carbocycles. The summed E-state index contributed by atoms with van der Waals surface area (Å²) in [6, 6.07) is -0.702. The van der Waals surface area contributed by atoms with Gasteiger partial charge in [-0.3, -0.25) is 9.59 Å². The van der Waals surface area contributed by atoms with Crippen LogP contribution in [0.15, 0.2) is 24.3 Å². The minimum Gasteiger partial charge on any atom is -0.462 e. The van der Waals surface area contributed by atoms with Gasteiger partial charge < -0.3 is 20.3 Å². The lowest BCUT2D eigenvalue weighted by atomic mass is 10.0. The van der Waals surface area contributed by atoms with Crippen LogP contribution in [0, 0.1) is 0 Å². The maximum Gasteiger partial charge on any atom is 0.306 e. The van der Waals surface area contributed by atoms with Gasteiger partial charge in [-0.05, 0) is 77.0 Å². The highest BCUT2D eigenvalue weighted by atomic mass is 16.5. The number of unbranched alkanes of at least 4 members (excludes halogenated alkanes) is 30. The summed E-state index contributed by atoms with van der Waals surface area (Å²) in [5.74, 6) is -0.490. The van der Waals surface area contributed by atoms with Gasteiger partial charge in [-0.1, -0.05) is 206 Å². The lowest BCUT2D eigenvalue weighted by molar-refractivity contribution is -0.151. The van der Waals surface area contributed by atoms with E-state index < -0.39 is 18.2 Å². The monoisotopic (exact) mass is 818 g/mol. The predicted octanol–water partition coefficient (Wildman–Crippen LogP) is 15.1. The number of esters is 1. The molecule has 0 heterocycles. The second kappa shape index (κ2) is 46.4. The second-order valence-electron chi connectivity index (χ2n) is 17.6. The largest absolute Gasteiger partial charge is 0.462 e. The van der Waals surface area contributed by atoms with Crippen molar-refractivity contribution in [3.63, 3.8) is 0 Å². The van der Waals surface area contributed by atoms with Crippen LogP contribution < -0.4 is 5.32 Å². The van der Waals surface area contributed by atoms with Crippen LogP contribution in [-0.4, -0.2) is 46.9 Å². The van der Waals surface area contributed by atoms with Crippen molar-refractivity contribution in [2.45, 2.75) is 289 Å². The van der Waals surface area contributed by atoms with E-state index in [9.17, 15) is 19.8 Å². The van der Waals surface area contributed by atoms with E-state index in [2.05, 4.69) is 50.4 Å². The molecule has 0 aromatic heterocycles. The van der Waals surface area contributed by atoms with Crippen LogP contribution >= 0.6 is 0 Å². The summed E-state index contributed by atoms with van der Waals surface area (Å²) in [7, 11) is 0. The number of ether oxygens (including phenoxy) is 1. The van der Waals surface area contributed by atoms with Gasteiger partial charge in [-0.2, -0.15) is 0 Å². The average molecular weight is 818 g/mol. The number of aliphatic hydroxyl groups excluding tert-OH is 2. The molecule has 3 atom stereocenters. The first-order chi connectivity index (χ1) is 28.5. The Morgan fingerprint density at radius 3 is 1.24 bits per heavy atom. The minimum absolute atomic E-state index is 0.0673. The third kappa shape index (κ3) is 41.1. The fourth-order valence-electron chi connectivity index (χ4n) is 7.83. The zero-order valence-corrected chi connectivity index (χ0v) is 38.9. The first kappa shape index (κ1) is 56.3. The Morgan fingerprint density at radius 2 is 0.828 bits per heavy atom. The van der Waals surface area contributed by atoms with E-state index in [4.69, 9.17) is 4.74 Å². The Bertz CT molecular complexity index is 919. The molecular weight excluding hydrogens is 719 g/mol. The quantitative estimate of drug-likeness (QED) is 0.0323. The van der Waals surface area contributed by atoms with E-state index in [1.807, 2.05) is 0 Å². The van der Waals surface area contributed by atoms with Gasteiger partial charge in [0.05, 0.1) is 25.2 Å². The number of allylic oxidation sites excluding steroid dienone is 4. The molecular formula is C52H99NO5. The lowest BCUT2D eigenvalue weighted by Crippen LogP contribution is -2.46. The van der Waals surface area contributed by atoms with Crippen molar-refractivity contribution in [3.05, 3.63) is 24.3 Å². The first-order valence-electron chi connectivity index (χ1n) is 25.6. The normalized spacial score (nSPS) is 13.4. The van der Waals surface area contributed by atoms with E-state index in [1.54, 1.807) is 0 Å². The van der Waals surface area contributed by atoms with Gasteiger partial charge in [0.25, 0.3) is 0 Å². The summed E-state index contributed by atoms with van der Waals surface area (Å²) in [5.41, 5.74) is 0. The fourth-order valence-corrected chi connectivity index (χ4v) is 7.83. The number of rotatable bonds is 46. The van der Waals surface area contributed by atoms with Crippen LogP contribution in [0.4, 0.5) is 0 Å². The van der Waals surface area contributed by atoms with Crippen molar-refractivity contribution in [1.29, 1.82) is 0 Å². The summed E-state index contributed by atoms with van der Waals surface area (Å²) in [5, 5.41) is 23.7. The third-order valence-electron chi connectivity index (χ3n) is 11.8. The zero-order valence-electron chi connectivity index (χ0n) is 38.9. The van der Waals surface area contributed by atoms with Crippen LogP contribution in [-0.2, 0) is 14.3 Å². The van der Waals surface area contributed by atoms with Gasteiger partial charge in [-0.15, -0.1) is 0 Å². The molecule has 0 aromatic rings. The van der Waals surface area contributed by atoms with E-state index in [0.717, 1.165) is 70.6 Å². The Kier molecular flexibility index (Phi) is 45.1. The SMILES string of the molecule is CCCCCCCCC/C=C/CCCCCCCC(=O)OC(CCCCC/C=C/CCCCCCCCC)CC(=O)NC(CO)C(O)CCCCCCCCCCC. The van der Waals surface area contributed by atoms with E-state index in [-0.39, 0.29) is 24.9 Å². The Labute approximate surface area is 361 Å². The van der Waals surface area contributed by atoms with Crippen molar-refractivity contribution in [3.8, 4) is 0 Å². The highest BCUT2D eigenvalue weighted by molar-refractivity contribution is 5.77. The minimum atomic E-state index is -0.788. The van der Waals surface area contributed by atoms with Crippen molar-refractivity contribution in [1.82, 2.24) is 5.32 Å². The van der Waals surface area contributed by atoms with Crippen LogP contribution in [0.5, 0.6) is 0 Å². The second-order valence-corrected chi connectivity index (χ2v) is 17.6. The predicted molar refractivity (Wildman–Crippen MR) is 250 cm³/mol. The van der Waals surface area contributed by atoms with Crippen LogP contribution in [0.25, 0.3) is 0 Å². The van der Waals surface area contributed by atoms with Gasteiger partial charge >= 0.3 is 5.97 Å². The molecule has 0 saturated carbocycles. The van der Waals surface area contributed by atoms with Gasteiger partial charge in [0.2, 0.25) is 5.91 Å². The number of carbonyl (C=O) groups is 2. The third-order valence-corrected chi connectivity index (χ3v) is 11.8. The van der Waals surface area contributed by atoms with Crippen molar-refractivity contribution < 1.29 is 24.5 Å². The van der Waals surface area contributed by atoms with Gasteiger partial charge in [-0.25, -0.2) is 0 Å². The van der Waals surface area contributed by atoms with E-state index in [1.165, 1.54) is 154 Å². The number of amides is 1. The zero-order chi connectivity index (χ0) is 42.4. The summed E-state index contributed by atoms with van der Waals surface area (Å²) >= 11 is 0. The summed E-state index contributed by atoms with van der Waals surface area (Å²) in [6.07, 6.45) is 52.4. The number of hydrogen-bond donors (Lipinski definition) is 3. The molecule has 0 fully saturated rings. The van der Waals surface area contributed by atoms with Gasteiger partial charge in [0, 0.05) is 6.42 Å². The average Bonchev–Trinajstić information content (AvgIpc) is 3.22. The van der Waals surface area contributed by atoms with Gasteiger partial charge in [0.1, 0.15) is 6.10 Å². The smallest absolute Gasteiger partial charge is 0.306 e. The molecule has 3 N–H and O–H groups in total. The molecule has 0 spiro atoms. The number of aliphatic hydroxyl groups is 2. The molecule has 6 heteroatoms. The maximum absolute atomic E-state index is 13.2. The molecule has 6 nitrogen and oxygen atoms in total. The number of carbonyl (C=O) groups excluding carboxylic acids is 2. The molecule has 58 heavy (non-hydrogen) atoms. The summed E-state index contributed by atoms with van der Waals surface area (Å²) in [4.78, 5) is 26.1. The molecule has 0 rings (SSSR count). The molecule has 0 aliphatic rings. The van der Waals surface area contributed by atoms with Crippen LogP contribution in [0.1, 0.15) is 271 Å². The number of hydrogen-bond acceptors (Lipinski definition) is 5. The Balaban J connectivity index is 4.58. The number of nitrogens with one attached hydrogen (secondary N) is 1. The topological polar surface area (TPSA) is 95.9 Å². The molecule has 0 radical (unpaired) electrons. The highest BCUT2D eigenvalue weighted by Gasteiger charge is 2.24. The maximum atomic E-state index is 13.2. The molecule has 0 bridgehead atoms. The van der Waals surface area contributed by atoms with E-state index >= 15 is 0 Å². The van der Waals surface area contributed by atoms with Crippen molar-refractivity contribution >= 4 is 11.9 Å². The Hall–Kier alpha value is -1.66. The summed E-state index contributed by atoms with van der Waals surface area (Å²) < 4.78 is 5.92. The van der Waals surface area contributed by atoms with Crippen molar-refractivity contribution in [2.24, 2.45) is 0 Å². The molecule has 0 aliphatic carbocycles.